The van der Waals surface area contributed by atoms with Crippen LogP contribution in [0.1, 0.15) is 13.8 Å². The normalized spacial score (nSPS) is 12.6. The smallest absolute Gasteiger partial charge is 0.346 e. The summed E-state index contributed by atoms with van der Waals surface area (Å²) in [6.07, 6.45) is -4.42. The Morgan fingerprint density at radius 1 is 1.24 bits per heavy atom. The van der Waals surface area contributed by atoms with E-state index < -0.39 is 23.9 Å². The molecule has 0 spiro atoms. The maximum absolute atomic E-state index is 12.0. The molecule has 0 aromatic heterocycles. The number of hydrogen-bond donors (Lipinski definition) is 2. The highest BCUT2D eigenvalue weighted by Gasteiger charge is 2.28. The van der Waals surface area contributed by atoms with Crippen LogP contribution in [0.4, 0.5) is 18.9 Å². The molecule has 0 fully saturated rings. The molecule has 1 atom stereocenters. The van der Waals surface area contributed by atoms with Gasteiger partial charge in [0, 0.05) is 17.5 Å². The lowest BCUT2D eigenvalue weighted by Crippen LogP contribution is -2.37. The molecule has 0 aliphatic rings. The van der Waals surface area contributed by atoms with Crippen molar-refractivity contribution in [1.82, 2.24) is 5.32 Å². The zero-order valence-electron chi connectivity index (χ0n) is 11.5. The molecule has 0 aliphatic carbocycles. The lowest BCUT2D eigenvalue weighted by Gasteiger charge is -2.13. The summed E-state index contributed by atoms with van der Waals surface area (Å²) in [6.45, 7) is 1.58. The molecule has 1 aromatic rings. The van der Waals surface area contributed by atoms with Gasteiger partial charge in [0.2, 0.25) is 11.8 Å². The van der Waals surface area contributed by atoms with Gasteiger partial charge in [0.1, 0.15) is 6.54 Å². The highest BCUT2D eigenvalue weighted by molar-refractivity contribution is 8.00. The summed E-state index contributed by atoms with van der Waals surface area (Å²) in [7, 11) is 0. The van der Waals surface area contributed by atoms with E-state index in [1.54, 1.807) is 24.3 Å². The molecule has 2 N–H and O–H groups in total. The summed E-state index contributed by atoms with van der Waals surface area (Å²) < 4.78 is 36.0. The van der Waals surface area contributed by atoms with Crippen LogP contribution in [0.15, 0.2) is 29.2 Å². The van der Waals surface area contributed by atoms with Crippen LogP contribution < -0.4 is 10.6 Å². The van der Waals surface area contributed by atoms with E-state index >= 15 is 0 Å². The lowest BCUT2D eigenvalue weighted by molar-refractivity contribution is -0.137. The van der Waals surface area contributed by atoms with Gasteiger partial charge in [-0.2, -0.15) is 13.2 Å². The molecule has 0 aliphatic heterocycles. The lowest BCUT2D eigenvalue weighted by atomic mass is 10.3. The largest absolute Gasteiger partial charge is 0.405 e. The van der Waals surface area contributed by atoms with Gasteiger partial charge < -0.3 is 10.6 Å². The number of thioether (sulfide) groups is 1. The summed E-state index contributed by atoms with van der Waals surface area (Å²) >= 11 is 1.14. The monoisotopic (exact) mass is 320 g/mol. The topological polar surface area (TPSA) is 58.2 Å². The fraction of sp³-hybridized carbons (Fsp3) is 0.385. The van der Waals surface area contributed by atoms with Crippen molar-refractivity contribution in [2.45, 2.75) is 30.2 Å². The molecule has 4 nitrogen and oxygen atoms in total. The standard InChI is InChI=1S/C13H15F3N2O2S/c1-8(12(20)17-7-13(14,15)16)21-11-5-3-10(4-6-11)18-9(2)19/h3-6,8H,7H2,1-2H3,(H,17,20)(H,18,19)/t8-/m1/s1. The van der Waals surface area contributed by atoms with Crippen molar-refractivity contribution < 1.29 is 22.8 Å². The van der Waals surface area contributed by atoms with Gasteiger partial charge >= 0.3 is 6.18 Å². The van der Waals surface area contributed by atoms with Crippen molar-refractivity contribution in [1.29, 1.82) is 0 Å². The van der Waals surface area contributed by atoms with E-state index in [-0.39, 0.29) is 5.91 Å². The minimum atomic E-state index is -4.42. The molecule has 1 aromatic carbocycles. The van der Waals surface area contributed by atoms with E-state index in [2.05, 4.69) is 5.32 Å². The number of rotatable bonds is 5. The van der Waals surface area contributed by atoms with Crippen LogP contribution in [0.25, 0.3) is 0 Å². The molecule has 1 rings (SSSR count). The average molecular weight is 320 g/mol. The van der Waals surface area contributed by atoms with Gasteiger partial charge in [-0.25, -0.2) is 0 Å². The van der Waals surface area contributed by atoms with Gasteiger partial charge in [0.25, 0.3) is 0 Å². The Balaban J connectivity index is 2.52. The first-order chi connectivity index (χ1) is 9.67. The van der Waals surface area contributed by atoms with E-state index in [0.717, 1.165) is 16.7 Å². The van der Waals surface area contributed by atoms with Crippen molar-refractivity contribution in [3.8, 4) is 0 Å². The second kappa shape index (κ2) is 7.35. The highest BCUT2D eigenvalue weighted by Crippen LogP contribution is 2.25. The molecule has 8 heteroatoms. The minimum absolute atomic E-state index is 0.199. The van der Waals surface area contributed by atoms with Crippen LogP contribution in [-0.4, -0.2) is 29.8 Å². The summed E-state index contributed by atoms with van der Waals surface area (Å²) in [4.78, 5) is 23.1. The Morgan fingerprint density at radius 2 is 1.81 bits per heavy atom. The molecule has 116 valence electrons. The first-order valence-electron chi connectivity index (χ1n) is 6.06. The van der Waals surface area contributed by atoms with E-state index in [9.17, 15) is 22.8 Å². The number of anilines is 1. The van der Waals surface area contributed by atoms with E-state index in [1.807, 2.05) is 5.32 Å². The van der Waals surface area contributed by atoms with Crippen molar-refractivity contribution >= 4 is 29.3 Å². The molecule has 0 saturated heterocycles. The van der Waals surface area contributed by atoms with Crippen molar-refractivity contribution in [3.63, 3.8) is 0 Å². The molecule has 21 heavy (non-hydrogen) atoms. The number of hydrogen-bond acceptors (Lipinski definition) is 3. The Bertz CT molecular complexity index is 503. The average Bonchev–Trinajstić information content (AvgIpc) is 2.36. The molecule has 0 bridgehead atoms. The summed E-state index contributed by atoms with van der Waals surface area (Å²) in [5.74, 6) is -0.876. The third-order valence-corrected chi connectivity index (χ3v) is 3.43. The Kier molecular flexibility index (Phi) is 6.07. The molecular weight excluding hydrogens is 305 g/mol. The maximum Gasteiger partial charge on any atom is 0.405 e. The fourth-order valence-electron chi connectivity index (χ4n) is 1.41. The number of carbonyl (C=O) groups is 2. The van der Waals surface area contributed by atoms with Gasteiger partial charge in [-0.3, -0.25) is 9.59 Å². The third kappa shape index (κ3) is 7.03. The van der Waals surface area contributed by atoms with Gasteiger partial charge in [-0.15, -0.1) is 11.8 Å². The SMILES string of the molecule is CC(=O)Nc1ccc(S[C@H](C)C(=O)NCC(F)(F)F)cc1. The number of carbonyl (C=O) groups excluding carboxylic acids is 2. The molecule has 0 saturated carbocycles. The zero-order chi connectivity index (χ0) is 16.0. The van der Waals surface area contributed by atoms with Crippen molar-refractivity contribution in [2.75, 3.05) is 11.9 Å². The van der Waals surface area contributed by atoms with Crippen LogP contribution in [0.2, 0.25) is 0 Å². The number of amides is 2. The Labute approximate surface area is 124 Å². The summed E-state index contributed by atoms with van der Waals surface area (Å²) in [5, 5.41) is 3.78. The molecule has 2 amide bonds. The van der Waals surface area contributed by atoms with Gasteiger partial charge in [-0.1, -0.05) is 0 Å². The Hall–Kier alpha value is -1.70. The van der Waals surface area contributed by atoms with Crippen LogP contribution >= 0.6 is 11.8 Å². The molecule has 0 radical (unpaired) electrons. The second-order valence-electron chi connectivity index (χ2n) is 4.30. The van der Waals surface area contributed by atoms with Gasteiger partial charge in [-0.05, 0) is 31.2 Å². The first kappa shape index (κ1) is 17.4. The highest BCUT2D eigenvalue weighted by atomic mass is 32.2. The second-order valence-corrected chi connectivity index (χ2v) is 5.71. The summed E-state index contributed by atoms with van der Waals surface area (Å²) in [6, 6.07) is 6.68. The number of halogens is 3. The molecule has 0 heterocycles. The fourth-order valence-corrected chi connectivity index (χ4v) is 2.30. The summed E-state index contributed by atoms with van der Waals surface area (Å²) in [5.41, 5.74) is 0.612. The maximum atomic E-state index is 12.0. The first-order valence-corrected chi connectivity index (χ1v) is 6.94. The minimum Gasteiger partial charge on any atom is -0.346 e. The number of alkyl halides is 3. The van der Waals surface area contributed by atoms with Crippen molar-refractivity contribution in [2.24, 2.45) is 0 Å². The van der Waals surface area contributed by atoms with Crippen LogP contribution in [0.3, 0.4) is 0 Å². The third-order valence-electron chi connectivity index (χ3n) is 2.32. The number of benzene rings is 1. The van der Waals surface area contributed by atoms with E-state index in [0.29, 0.717) is 5.69 Å². The van der Waals surface area contributed by atoms with Crippen molar-refractivity contribution in [3.05, 3.63) is 24.3 Å². The van der Waals surface area contributed by atoms with Crippen LogP contribution in [0, 0.1) is 0 Å². The predicted molar refractivity (Wildman–Crippen MR) is 75.1 cm³/mol. The van der Waals surface area contributed by atoms with E-state index in [1.165, 1.54) is 13.8 Å². The quantitative estimate of drug-likeness (QED) is 0.820. The van der Waals surface area contributed by atoms with Gasteiger partial charge in [0.15, 0.2) is 0 Å². The molecule has 0 unspecified atom stereocenters. The van der Waals surface area contributed by atoms with Crippen LogP contribution in [0.5, 0.6) is 0 Å². The van der Waals surface area contributed by atoms with Crippen LogP contribution in [-0.2, 0) is 9.59 Å². The number of nitrogens with one attached hydrogen (secondary N) is 2. The Morgan fingerprint density at radius 3 is 2.29 bits per heavy atom. The molecular formula is C13H15F3N2O2S. The predicted octanol–water partition coefficient (Wildman–Crippen LogP) is 2.80. The van der Waals surface area contributed by atoms with E-state index in [4.69, 9.17) is 0 Å². The van der Waals surface area contributed by atoms with Gasteiger partial charge in [0.05, 0.1) is 5.25 Å². The zero-order valence-corrected chi connectivity index (χ0v) is 12.3.